The fraction of sp³-hybridized carbons (Fsp3) is 0.0833. The molecular weight excluding hydrogens is 688 g/mol. The maximum absolute atomic E-state index is 13.4. The first kappa shape index (κ1) is 32.5. The van der Waals surface area contributed by atoms with Crippen LogP contribution in [0.4, 0.5) is 4.39 Å². The maximum Gasteiger partial charge on any atom is 0.584 e. The molecule has 0 amide bonds. The quantitative estimate of drug-likeness (QED) is 0.138. The van der Waals surface area contributed by atoms with E-state index in [2.05, 4.69) is 15.3 Å². The highest BCUT2D eigenvalue weighted by molar-refractivity contribution is 7.48. The van der Waals surface area contributed by atoms with E-state index < -0.39 is 25.7 Å². The first-order valence-electron chi connectivity index (χ1n) is 14.9. The molecule has 0 spiro atoms. The van der Waals surface area contributed by atoms with Crippen LogP contribution in [0.2, 0.25) is 5.02 Å². The predicted octanol–water partition coefficient (Wildman–Crippen LogP) is 9.01. The second-order valence-corrected chi connectivity index (χ2v) is 13.6. The molecule has 13 heteroatoms. The minimum atomic E-state index is -4.25. The number of benzene rings is 5. The minimum absolute atomic E-state index is 0.193. The van der Waals surface area contributed by atoms with Gasteiger partial charge in [-0.3, -0.25) is 9.89 Å². The fourth-order valence-electron chi connectivity index (χ4n) is 5.89. The summed E-state index contributed by atoms with van der Waals surface area (Å²) in [6, 6.07) is 26.3. The van der Waals surface area contributed by atoms with E-state index in [9.17, 15) is 18.6 Å². The average Bonchev–Trinajstić information content (AvgIpc) is 3.59. The van der Waals surface area contributed by atoms with Crippen LogP contribution in [0, 0.1) is 5.82 Å². The number of allylic oxidation sites excluding steroid dienone is 1. The maximum atomic E-state index is 13.4. The fourth-order valence-corrected chi connectivity index (χ4v) is 7.58. The molecule has 5 aromatic carbocycles. The molecule has 0 saturated heterocycles. The SMILES string of the molecule is COC(=O)C1=C(C)NC(c2nccs2)=N[C@H]1c1ccc(F)cc1Cl.O=P1(O)Oc2ccc3ccccc3c2-c2c(ccc3ccccc23)O1. The Morgan fingerprint density at radius 1 is 0.959 bits per heavy atom. The number of rotatable bonds is 3. The summed E-state index contributed by atoms with van der Waals surface area (Å²) in [5.74, 6) is 0.245. The number of fused-ring (bicyclic) bond motifs is 7. The van der Waals surface area contributed by atoms with Crippen molar-refractivity contribution in [2.75, 3.05) is 7.11 Å². The Morgan fingerprint density at radius 2 is 1.57 bits per heavy atom. The number of aliphatic imine (C=N–C) groups is 1. The Balaban J connectivity index is 0.000000155. The number of carbonyl (C=O) groups excluding carboxylic acids is 1. The van der Waals surface area contributed by atoms with Crippen LogP contribution >= 0.6 is 30.8 Å². The zero-order valence-electron chi connectivity index (χ0n) is 25.9. The number of nitrogens with zero attached hydrogens (tertiary/aromatic N) is 2. The second-order valence-electron chi connectivity index (χ2n) is 11.0. The van der Waals surface area contributed by atoms with Gasteiger partial charge in [0.05, 0.1) is 12.7 Å². The van der Waals surface area contributed by atoms with Crippen molar-refractivity contribution in [1.82, 2.24) is 10.3 Å². The number of methoxy groups -OCH3 is 1. The Kier molecular flexibility index (Phi) is 8.68. The molecule has 2 N–H and O–H groups in total. The number of phosphoric acid groups is 1. The molecule has 1 atom stereocenters. The van der Waals surface area contributed by atoms with Crippen molar-refractivity contribution in [2.45, 2.75) is 13.0 Å². The Hall–Kier alpha value is -5.06. The molecule has 0 unspecified atom stereocenters. The number of hydrogen-bond acceptors (Lipinski definition) is 9. The Bertz CT molecular complexity index is 2290. The van der Waals surface area contributed by atoms with Crippen molar-refractivity contribution in [1.29, 1.82) is 0 Å². The molecule has 0 aliphatic carbocycles. The van der Waals surface area contributed by atoms with Gasteiger partial charge < -0.3 is 19.1 Å². The summed E-state index contributed by atoms with van der Waals surface area (Å²) in [4.78, 5) is 31.1. The lowest BCUT2D eigenvalue weighted by molar-refractivity contribution is -0.136. The summed E-state index contributed by atoms with van der Waals surface area (Å²) in [5.41, 5.74) is 2.99. The molecule has 49 heavy (non-hydrogen) atoms. The van der Waals surface area contributed by atoms with Crippen LogP contribution in [0.25, 0.3) is 32.7 Å². The lowest BCUT2D eigenvalue weighted by Crippen LogP contribution is -2.32. The molecule has 1 aromatic heterocycles. The number of phosphoric ester groups is 1. The lowest BCUT2D eigenvalue weighted by atomic mass is 9.92. The van der Waals surface area contributed by atoms with E-state index in [1.807, 2.05) is 66.0 Å². The molecule has 0 fully saturated rings. The third kappa shape index (κ3) is 6.29. The van der Waals surface area contributed by atoms with Gasteiger partial charge in [-0.05, 0) is 52.7 Å². The summed E-state index contributed by atoms with van der Waals surface area (Å²) in [6.07, 6.45) is 1.67. The van der Waals surface area contributed by atoms with Crippen molar-refractivity contribution < 1.29 is 32.4 Å². The van der Waals surface area contributed by atoms with Crippen LogP contribution in [-0.2, 0) is 14.1 Å². The third-order valence-corrected chi connectivity index (χ3v) is 9.96. The highest BCUT2D eigenvalue weighted by atomic mass is 35.5. The van der Waals surface area contributed by atoms with Crippen molar-refractivity contribution in [3.63, 3.8) is 0 Å². The first-order valence-corrected chi connectivity index (χ1v) is 17.6. The van der Waals surface area contributed by atoms with Crippen molar-refractivity contribution in [2.24, 2.45) is 4.99 Å². The number of carbonyl (C=O) groups is 1. The van der Waals surface area contributed by atoms with Gasteiger partial charge in [-0.1, -0.05) is 78.3 Å². The topological polar surface area (TPSA) is 119 Å². The van der Waals surface area contributed by atoms with Gasteiger partial charge in [0.15, 0.2) is 10.8 Å². The predicted molar refractivity (Wildman–Crippen MR) is 189 cm³/mol. The number of aromatic nitrogens is 1. The number of esters is 1. The minimum Gasteiger partial charge on any atom is -0.466 e. The standard InChI is InChI=1S/C20H13O4P.C16H13ClFN3O2S/c21-25(22)23-17-11-9-13-5-1-3-7-15(13)19(17)20-16-8-4-2-6-14(16)10-12-18(20)24-25;1-8-12(16(22)23-2)13(10-4-3-9(18)7-11(10)17)21-14(20-8)15-19-5-6-24-15/h1-12H,(H,21,22);3-7,13H,1-2H3,(H,20,21)/t;13-/m.0/s1. The molecular formula is C36H26ClFN3O6PS. The highest BCUT2D eigenvalue weighted by Crippen LogP contribution is 2.56. The monoisotopic (exact) mass is 713 g/mol. The number of amidine groups is 1. The van der Waals surface area contributed by atoms with Gasteiger partial charge in [-0.15, -0.1) is 11.3 Å². The number of ether oxygens (including phenoxy) is 1. The van der Waals surface area contributed by atoms with Crippen LogP contribution in [0.15, 0.2) is 119 Å². The Morgan fingerprint density at radius 3 is 2.12 bits per heavy atom. The molecule has 0 saturated carbocycles. The second kappa shape index (κ2) is 13.1. The van der Waals surface area contributed by atoms with Crippen LogP contribution in [-0.4, -0.2) is 28.8 Å². The molecule has 2 aliphatic heterocycles. The summed E-state index contributed by atoms with van der Waals surface area (Å²) < 4.78 is 41.3. The van der Waals surface area contributed by atoms with E-state index in [1.54, 1.807) is 25.3 Å². The molecule has 6 aromatic rings. The first-order chi connectivity index (χ1) is 23.6. The van der Waals surface area contributed by atoms with Gasteiger partial charge in [-0.2, -0.15) is 0 Å². The summed E-state index contributed by atoms with van der Waals surface area (Å²) in [5, 5.41) is 9.72. The molecule has 0 bridgehead atoms. The van der Waals surface area contributed by atoms with Gasteiger partial charge in [0.25, 0.3) is 0 Å². The molecule has 0 radical (unpaired) electrons. The van der Waals surface area contributed by atoms with Crippen molar-refractivity contribution in [3.8, 4) is 22.6 Å². The van der Waals surface area contributed by atoms with E-state index in [0.29, 0.717) is 39.2 Å². The summed E-state index contributed by atoms with van der Waals surface area (Å²) >= 11 is 7.59. The van der Waals surface area contributed by atoms with E-state index in [1.165, 1.54) is 36.6 Å². The molecule has 2 aliphatic rings. The van der Waals surface area contributed by atoms with Gasteiger partial charge >= 0.3 is 13.8 Å². The highest BCUT2D eigenvalue weighted by Gasteiger charge is 2.34. The van der Waals surface area contributed by atoms with Crippen LogP contribution < -0.4 is 14.4 Å². The Labute approximate surface area is 288 Å². The number of halogens is 2. The average molecular weight is 714 g/mol. The van der Waals surface area contributed by atoms with E-state index >= 15 is 0 Å². The van der Waals surface area contributed by atoms with E-state index in [-0.39, 0.29) is 5.02 Å². The molecule has 8 rings (SSSR count). The zero-order valence-corrected chi connectivity index (χ0v) is 28.4. The number of nitrogens with one attached hydrogen (secondary N) is 1. The zero-order chi connectivity index (χ0) is 34.3. The molecule has 246 valence electrons. The third-order valence-electron chi connectivity index (χ3n) is 8.00. The number of thiazole rings is 1. The largest absolute Gasteiger partial charge is 0.584 e. The van der Waals surface area contributed by atoms with Gasteiger partial charge in [-0.25, -0.2) is 18.7 Å². The van der Waals surface area contributed by atoms with Gasteiger partial charge in [0.2, 0.25) is 0 Å². The van der Waals surface area contributed by atoms with Crippen LogP contribution in [0.1, 0.15) is 23.5 Å². The van der Waals surface area contributed by atoms with E-state index in [0.717, 1.165) is 32.7 Å². The van der Waals surface area contributed by atoms with Crippen molar-refractivity contribution in [3.05, 3.63) is 135 Å². The van der Waals surface area contributed by atoms with E-state index in [4.69, 9.17) is 25.4 Å². The lowest BCUT2D eigenvalue weighted by Gasteiger charge is -2.25. The molecule has 9 nitrogen and oxygen atoms in total. The number of hydrogen-bond donors (Lipinski definition) is 2. The normalized spacial score (nSPS) is 16.1. The summed E-state index contributed by atoms with van der Waals surface area (Å²) in [7, 11) is -2.95. The van der Waals surface area contributed by atoms with Crippen LogP contribution in [0.5, 0.6) is 11.5 Å². The molecule has 3 heterocycles. The van der Waals surface area contributed by atoms with Gasteiger partial charge in [0.1, 0.15) is 23.4 Å². The van der Waals surface area contributed by atoms with Gasteiger partial charge in [0, 0.05) is 39.0 Å². The van der Waals surface area contributed by atoms with Crippen molar-refractivity contribution >= 4 is 64.1 Å². The van der Waals surface area contributed by atoms with Crippen LogP contribution in [0.3, 0.4) is 0 Å². The smallest absolute Gasteiger partial charge is 0.466 e. The summed E-state index contributed by atoms with van der Waals surface area (Å²) in [6.45, 7) is 1.75.